The highest BCUT2D eigenvalue weighted by atomic mass is 16.5. The van der Waals surface area contributed by atoms with Gasteiger partial charge in [0.15, 0.2) is 6.61 Å². The Morgan fingerprint density at radius 3 is 2.46 bits per heavy atom. The maximum Gasteiger partial charge on any atom is 0.355 e. The van der Waals surface area contributed by atoms with Crippen molar-refractivity contribution in [1.29, 1.82) is 0 Å². The molecule has 0 unspecified atom stereocenters. The number of carbonyl (C=O) groups excluding carboxylic acids is 3. The van der Waals surface area contributed by atoms with Gasteiger partial charge in [0.2, 0.25) is 5.91 Å². The smallest absolute Gasteiger partial charge is 0.355 e. The standard InChI is InChI=1S/C18H24N2O4/c1-3-4-8-11-19-17(22)13-24-18(23)16(20-14(2)21)12-15-9-6-5-7-10-15/h5-7,9-10,12H,3-4,8,11,13H2,1-2H3,(H,19,22)(H,20,21)/b16-12-. The van der Waals surface area contributed by atoms with Crippen LogP contribution in [0, 0.1) is 0 Å². The second-order valence-electron chi connectivity index (χ2n) is 5.28. The van der Waals surface area contributed by atoms with Crippen LogP contribution in [0.1, 0.15) is 38.7 Å². The minimum Gasteiger partial charge on any atom is -0.451 e. The van der Waals surface area contributed by atoms with E-state index in [1.807, 2.05) is 18.2 Å². The molecule has 24 heavy (non-hydrogen) atoms. The molecule has 2 amide bonds. The molecule has 0 bridgehead atoms. The fourth-order valence-corrected chi connectivity index (χ4v) is 1.91. The number of amides is 2. The minimum atomic E-state index is -0.752. The lowest BCUT2D eigenvalue weighted by molar-refractivity contribution is -0.145. The topological polar surface area (TPSA) is 84.5 Å². The lowest BCUT2D eigenvalue weighted by Gasteiger charge is -2.09. The van der Waals surface area contributed by atoms with Gasteiger partial charge in [-0.25, -0.2) is 4.79 Å². The predicted octanol–water partition coefficient (Wildman–Crippen LogP) is 2.01. The number of benzene rings is 1. The summed E-state index contributed by atoms with van der Waals surface area (Å²) in [4.78, 5) is 34.9. The van der Waals surface area contributed by atoms with Crippen LogP contribution in [-0.4, -0.2) is 30.9 Å². The molecular weight excluding hydrogens is 308 g/mol. The van der Waals surface area contributed by atoms with Crippen LogP contribution in [0.4, 0.5) is 0 Å². The summed E-state index contributed by atoms with van der Waals surface area (Å²) in [5, 5.41) is 5.11. The Labute approximate surface area is 142 Å². The van der Waals surface area contributed by atoms with Gasteiger partial charge in [-0.05, 0) is 18.1 Å². The fraction of sp³-hybridized carbons (Fsp3) is 0.389. The highest BCUT2D eigenvalue weighted by molar-refractivity contribution is 5.98. The Bertz CT molecular complexity index is 582. The molecule has 2 N–H and O–H groups in total. The third-order valence-corrected chi connectivity index (χ3v) is 3.08. The first-order chi connectivity index (χ1) is 11.5. The van der Waals surface area contributed by atoms with Gasteiger partial charge >= 0.3 is 5.97 Å². The van der Waals surface area contributed by atoms with Gasteiger partial charge in [0, 0.05) is 13.5 Å². The van der Waals surface area contributed by atoms with E-state index in [1.54, 1.807) is 12.1 Å². The van der Waals surface area contributed by atoms with Crippen molar-refractivity contribution in [2.45, 2.75) is 33.1 Å². The molecule has 0 saturated carbocycles. The van der Waals surface area contributed by atoms with E-state index in [2.05, 4.69) is 17.6 Å². The van der Waals surface area contributed by atoms with E-state index in [4.69, 9.17) is 4.74 Å². The second-order valence-corrected chi connectivity index (χ2v) is 5.28. The van der Waals surface area contributed by atoms with Gasteiger partial charge < -0.3 is 15.4 Å². The Kier molecular flexibility index (Phi) is 8.89. The lowest BCUT2D eigenvalue weighted by Crippen LogP contribution is -2.32. The first-order valence-electron chi connectivity index (χ1n) is 8.01. The minimum absolute atomic E-state index is 0.00696. The molecule has 6 heteroatoms. The molecule has 0 aliphatic carbocycles. The normalized spacial score (nSPS) is 10.8. The van der Waals surface area contributed by atoms with Crippen LogP contribution in [0.25, 0.3) is 6.08 Å². The molecule has 6 nitrogen and oxygen atoms in total. The van der Waals surface area contributed by atoms with Gasteiger partial charge in [0.05, 0.1) is 0 Å². The summed E-state index contributed by atoms with van der Waals surface area (Å²) in [7, 11) is 0. The molecule has 0 heterocycles. The molecule has 1 rings (SSSR count). The van der Waals surface area contributed by atoms with Gasteiger partial charge in [-0.2, -0.15) is 0 Å². The number of unbranched alkanes of at least 4 members (excludes halogenated alkanes) is 2. The maximum absolute atomic E-state index is 12.1. The van der Waals surface area contributed by atoms with E-state index in [1.165, 1.54) is 13.0 Å². The summed E-state index contributed by atoms with van der Waals surface area (Å²) in [6.45, 7) is 3.55. The molecule has 0 fully saturated rings. The van der Waals surface area contributed by atoms with Crippen molar-refractivity contribution in [3.8, 4) is 0 Å². The first kappa shape index (κ1) is 19.4. The van der Waals surface area contributed by atoms with Gasteiger partial charge in [-0.1, -0.05) is 50.1 Å². The summed E-state index contributed by atoms with van der Waals surface area (Å²) >= 11 is 0. The van der Waals surface area contributed by atoms with Crippen molar-refractivity contribution in [3.05, 3.63) is 41.6 Å². The molecule has 1 aromatic rings. The fourth-order valence-electron chi connectivity index (χ4n) is 1.91. The van der Waals surface area contributed by atoms with Crippen LogP contribution in [0.15, 0.2) is 36.0 Å². The number of esters is 1. The van der Waals surface area contributed by atoms with Gasteiger partial charge in [0.1, 0.15) is 5.70 Å². The maximum atomic E-state index is 12.1. The summed E-state index contributed by atoms with van der Waals surface area (Å²) in [5.41, 5.74) is 0.731. The largest absolute Gasteiger partial charge is 0.451 e. The van der Waals surface area contributed by atoms with Crippen LogP contribution in [0.5, 0.6) is 0 Å². The molecule has 0 atom stereocenters. The van der Waals surface area contributed by atoms with Gasteiger partial charge in [0.25, 0.3) is 5.91 Å². The average molecular weight is 332 g/mol. The molecule has 0 aromatic heterocycles. The van der Waals surface area contributed by atoms with Gasteiger partial charge in [-0.3, -0.25) is 9.59 Å². The SMILES string of the molecule is CCCCCNC(=O)COC(=O)/C(=C/c1ccccc1)NC(C)=O. The van der Waals surface area contributed by atoms with E-state index in [0.29, 0.717) is 6.54 Å². The zero-order valence-electron chi connectivity index (χ0n) is 14.1. The molecule has 0 radical (unpaired) electrons. The summed E-state index contributed by atoms with van der Waals surface area (Å²) in [6.07, 6.45) is 4.49. The zero-order valence-corrected chi connectivity index (χ0v) is 14.1. The van der Waals surface area contributed by atoms with Crippen molar-refractivity contribution in [2.24, 2.45) is 0 Å². The zero-order chi connectivity index (χ0) is 17.8. The molecule has 130 valence electrons. The van der Waals surface area contributed by atoms with E-state index < -0.39 is 11.9 Å². The highest BCUT2D eigenvalue weighted by Crippen LogP contribution is 2.06. The molecule has 0 saturated heterocycles. The molecule has 0 spiro atoms. The number of hydrogen-bond acceptors (Lipinski definition) is 4. The van der Waals surface area contributed by atoms with Crippen molar-refractivity contribution < 1.29 is 19.1 Å². The monoisotopic (exact) mass is 332 g/mol. The number of hydrogen-bond donors (Lipinski definition) is 2. The second kappa shape index (κ2) is 11.0. The number of nitrogens with one attached hydrogen (secondary N) is 2. The van der Waals surface area contributed by atoms with Crippen LogP contribution in [-0.2, 0) is 19.1 Å². The number of rotatable bonds is 9. The Morgan fingerprint density at radius 2 is 1.83 bits per heavy atom. The highest BCUT2D eigenvalue weighted by Gasteiger charge is 2.14. The summed E-state index contributed by atoms with van der Waals surface area (Å²) in [5.74, 6) is -1.50. The van der Waals surface area contributed by atoms with Crippen molar-refractivity contribution in [1.82, 2.24) is 10.6 Å². The van der Waals surface area contributed by atoms with Crippen molar-refractivity contribution in [2.75, 3.05) is 13.2 Å². The van der Waals surface area contributed by atoms with Crippen molar-refractivity contribution >= 4 is 23.9 Å². The number of carbonyl (C=O) groups is 3. The third kappa shape index (κ3) is 8.12. The number of ether oxygens (including phenoxy) is 1. The van der Waals surface area contributed by atoms with Crippen LogP contribution < -0.4 is 10.6 Å². The molecule has 0 aliphatic rings. The predicted molar refractivity (Wildman–Crippen MR) is 91.7 cm³/mol. The van der Waals surface area contributed by atoms with Crippen LogP contribution in [0.2, 0.25) is 0 Å². The average Bonchev–Trinajstić information content (AvgIpc) is 2.56. The van der Waals surface area contributed by atoms with E-state index in [0.717, 1.165) is 24.8 Å². The quantitative estimate of drug-likeness (QED) is 0.412. The first-order valence-corrected chi connectivity index (χ1v) is 8.01. The van der Waals surface area contributed by atoms with Crippen LogP contribution >= 0.6 is 0 Å². The van der Waals surface area contributed by atoms with Gasteiger partial charge in [-0.15, -0.1) is 0 Å². The van der Waals surface area contributed by atoms with E-state index in [-0.39, 0.29) is 18.2 Å². The molecule has 0 aliphatic heterocycles. The Balaban J connectivity index is 2.58. The van der Waals surface area contributed by atoms with Crippen molar-refractivity contribution in [3.63, 3.8) is 0 Å². The summed E-state index contributed by atoms with van der Waals surface area (Å²) in [6, 6.07) is 9.04. The van der Waals surface area contributed by atoms with E-state index >= 15 is 0 Å². The molecular formula is C18H24N2O4. The Morgan fingerprint density at radius 1 is 1.12 bits per heavy atom. The van der Waals surface area contributed by atoms with Crippen LogP contribution in [0.3, 0.4) is 0 Å². The van der Waals surface area contributed by atoms with E-state index in [9.17, 15) is 14.4 Å². The third-order valence-electron chi connectivity index (χ3n) is 3.08. The molecule has 1 aromatic carbocycles. The Hall–Kier alpha value is -2.63. The lowest BCUT2D eigenvalue weighted by atomic mass is 10.2. The summed E-state index contributed by atoms with van der Waals surface area (Å²) < 4.78 is 4.96.